The number of anilines is 1. The first-order valence-electron chi connectivity index (χ1n) is 10.5. The van der Waals surface area contributed by atoms with Gasteiger partial charge in [-0.2, -0.15) is 0 Å². The molecule has 1 amide bonds. The van der Waals surface area contributed by atoms with Crippen LogP contribution in [0.5, 0.6) is 11.5 Å². The van der Waals surface area contributed by atoms with Gasteiger partial charge in [0.2, 0.25) is 12.2 Å². The summed E-state index contributed by atoms with van der Waals surface area (Å²) in [5.74, 6) is -4.21. The van der Waals surface area contributed by atoms with Crippen LogP contribution < -0.4 is 14.8 Å². The summed E-state index contributed by atoms with van der Waals surface area (Å²) < 4.78 is 20.5. The SMILES string of the molecule is COc1cccc(C(=O)O[C@H](C(=O)Nc2cccnc2)[C@@H](OC(=O)c2cccc(OC)c2)C(=O)O)c1. The highest BCUT2D eigenvalue weighted by Gasteiger charge is 2.41. The third-order valence-corrected chi connectivity index (χ3v) is 4.78. The molecule has 0 aliphatic carbocycles. The van der Waals surface area contributed by atoms with Crippen molar-refractivity contribution in [2.45, 2.75) is 12.2 Å². The van der Waals surface area contributed by atoms with E-state index in [9.17, 15) is 24.3 Å². The summed E-state index contributed by atoms with van der Waals surface area (Å²) in [5.41, 5.74) is 0.149. The van der Waals surface area contributed by atoms with Crippen LogP contribution >= 0.6 is 0 Å². The van der Waals surface area contributed by atoms with E-state index in [2.05, 4.69) is 10.3 Å². The van der Waals surface area contributed by atoms with Crippen LogP contribution in [-0.4, -0.2) is 60.3 Å². The number of hydrogen-bond acceptors (Lipinski definition) is 9. The number of nitrogens with zero attached hydrogens (tertiary/aromatic N) is 1. The molecule has 1 aromatic heterocycles. The zero-order chi connectivity index (χ0) is 26.1. The molecular formula is C25H22N2O9. The van der Waals surface area contributed by atoms with Crippen LogP contribution in [0.2, 0.25) is 0 Å². The highest BCUT2D eigenvalue weighted by molar-refractivity contribution is 6.01. The van der Waals surface area contributed by atoms with Crippen molar-refractivity contribution in [3.05, 3.63) is 84.2 Å². The molecule has 11 nitrogen and oxygen atoms in total. The molecule has 3 aromatic rings. The average molecular weight is 494 g/mol. The molecule has 0 spiro atoms. The molecule has 186 valence electrons. The first-order chi connectivity index (χ1) is 17.3. The van der Waals surface area contributed by atoms with Crippen molar-refractivity contribution in [2.75, 3.05) is 19.5 Å². The number of aliphatic carboxylic acids is 1. The number of benzene rings is 2. The van der Waals surface area contributed by atoms with E-state index in [-0.39, 0.29) is 16.8 Å². The molecule has 2 N–H and O–H groups in total. The van der Waals surface area contributed by atoms with Crippen molar-refractivity contribution in [2.24, 2.45) is 0 Å². The van der Waals surface area contributed by atoms with Gasteiger partial charge in [0, 0.05) is 6.20 Å². The van der Waals surface area contributed by atoms with E-state index in [0.29, 0.717) is 11.5 Å². The van der Waals surface area contributed by atoms with E-state index in [1.165, 1.54) is 75.1 Å². The number of rotatable bonds is 10. The largest absolute Gasteiger partial charge is 0.497 e. The molecule has 11 heteroatoms. The Hall–Kier alpha value is -4.93. The van der Waals surface area contributed by atoms with Gasteiger partial charge in [0.15, 0.2) is 0 Å². The maximum absolute atomic E-state index is 13.1. The van der Waals surface area contributed by atoms with E-state index in [1.807, 2.05) is 0 Å². The summed E-state index contributed by atoms with van der Waals surface area (Å²) in [6.45, 7) is 0. The van der Waals surface area contributed by atoms with Crippen LogP contribution in [0.15, 0.2) is 73.1 Å². The third kappa shape index (κ3) is 6.56. The maximum atomic E-state index is 13.1. The monoisotopic (exact) mass is 494 g/mol. The zero-order valence-electron chi connectivity index (χ0n) is 19.2. The number of carboxylic acids is 1. The second-order valence-corrected chi connectivity index (χ2v) is 7.18. The molecule has 0 saturated carbocycles. The number of methoxy groups -OCH3 is 2. The Labute approximate surface area is 205 Å². The Morgan fingerprint density at radius 3 is 1.83 bits per heavy atom. The second-order valence-electron chi connectivity index (χ2n) is 7.18. The van der Waals surface area contributed by atoms with Crippen molar-refractivity contribution in [1.82, 2.24) is 4.98 Å². The molecule has 0 bridgehead atoms. The predicted octanol–water partition coefficient (Wildman–Crippen LogP) is 2.57. The van der Waals surface area contributed by atoms with Crippen molar-refractivity contribution in [3.63, 3.8) is 0 Å². The molecule has 2 atom stereocenters. The van der Waals surface area contributed by atoms with Crippen molar-refractivity contribution in [1.29, 1.82) is 0 Å². The first kappa shape index (κ1) is 25.7. The zero-order valence-corrected chi connectivity index (χ0v) is 19.2. The fourth-order valence-electron chi connectivity index (χ4n) is 3.01. The minimum Gasteiger partial charge on any atom is -0.497 e. The Kier molecular flexibility index (Phi) is 8.54. The minimum absolute atomic E-state index is 0.0169. The summed E-state index contributed by atoms with van der Waals surface area (Å²) >= 11 is 0. The van der Waals surface area contributed by atoms with Crippen LogP contribution in [0.3, 0.4) is 0 Å². The lowest BCUT2D eigenvalue weighted by Gasteiger charge is -2.23. The molecule has 0 aliphatic heterocycles. The number of carbonyl (C=O) groups excluding carboxylic acids is 3. The lowest BCUT2D eigenvalue weighted by atomic mass is 10.1. The lowest BCUT2D eigenvalue weighted by Crippen LogP contribution is -2.48. The van der Waals surface area contributed by atoms with Crippen LogP contribution in [0.4, 0.5) is 5.69 Å². The van der Waals surface area contributed by atoms with E-state index < -0.39 is 36.0 Å². The van der Waals surface area contributed by atoms with Gasteiger partial charge in [-0.05, 0) is 48.5 Å². The highest BCUT2D eigenvalue weighted by Crippen LogP contribution is 2.19. The standard InChI is InChI=1S/C25H22N2O9/c1-33-18-9-3-6-15(12-18)24(31)35-20(22(28)27-17-8-5-11-26-14-17)21(23(29)30)36-25(32)16-7-4-10-19(13-16)34-2/h3-14,20-21H,1-2H3,(H,27,28)(H,29,30)/t20-,21+/m0/s1. The molecule has 0 saturated heterocycles. The predicted molar refractivity (Wildman–Crippen MR) is 125 cm³/mol. The summed E-state index contributed by atoms with van der Waals surface area (Å²) in [4.78, 5) is 54.6. The molecular weight excluding hydrogens is 472 g/mol. The Morgan fingerprint density at radius 2 is 1.36 bits per heavy atom. The fraction of sp³-hybridized carbons (Fsp3) is 0.160. The van der Waals surface area contributed by atoms with Crippen molar-refractivity contribution < 1.29 is 43.2 Å². The molecule has 0 aliphatic rings. The number of pyridine rings is 1. The number of carboxylic acid groups (broad SMARTS) is 1. The minimum atomic E-state index is -2.19. The van der Waals surface area contributed by atoms with Crippen LogP contribution in [0.25, 0.3) is 0 Å². The van der Waals surface area contributed by atoms with Gasteiger partial charge in [-0.15, -0.1) is 0 Å². The number of esters is 2. The van der Waals surface area contributed by atoms with Gasteiger partial charge in [-0.1, -0.05) is 12.1 Å². The number of aromatic nitrogens is 1. The molecule has 0 fully saturated rings. The van der Waals surface area contributed by atoms with Crippen molar-refractivity contribution in [3.8, 4) is 11.5 Å². The van der Waals surface area contributed by atoms with Gasteiger partial charge >= 0.3 is 17.9 Å². The summed E-state index contributed by atoms with van der Waals surface area (Å²) in [5, 5.41) is 12.2. The normalized spacial score (nSPS) is 11.9. The first-order valence-corrected chi connectivity index (χ1v) is 10.5. The van der Waals surface area contributed by atoms with E-state index >= 15 is 0 Å². The van der Waals surface area contributed by atoms with E-state index in [0.717, 1.165) is 0 Å². The number of ether oxygens (including phenoxy) is 4. The van der Waals surface area contributed by atoms with Gasteiger partial charge < -0.3 is 29.4 Å². The van der Waals surface area contributed by atoms with Gasteiger partial charge in [0.25, 0.3) is 5.91 Å². The molecule has 3 rings (SSSR count). The topological polar surface area (TPSA) is 150 Å². The lowest BCUT2D eigenvalue weighted by molar-refractivity contribution is -0.157. The quantitative estimate of drug-likeness (QED) is 0.403. The average Bonchev–Trinajstić information content (AvgIpc) is 2.90. The number of nitrogens with one attached hydrogen (secondary N) is 1. The van der Waals surface area contributed by atoms with Crippen LogP contribution in [-0.2, 0) is 19.1 Å². The van der Waals surface area contributed by atoms with E-state index in [4.69, 9.17) is 18.9 Å². The Morgan fingerprint density at radius 1 is 0.806 bits per heavy atom. The summed E-state index contributed by atoms with van der Waals surface area (Å²) in [6.07, 6.45) is -1.48. The molecule has 0 unspecified atom stereocenters. The molecule has 36 heavy (non-hydrogen) atoms. The van der Waals surface area contributed by atoms with Gasteiger partial charge in [-0.25, -0.2) is 14.4 Å². The smallest absolute Gasteiger partial charge is 0.349 e. The Bertz CT molecular complexity index is 1250. The van der Waals surface area contributed by atoms with Gasteiger partial charge in [0.05, 0.1) is 37.2 Å². The second kappa shape index (κ2) is 12.0. The number of amides is 1. The third-order valence-electron chi connectivity index (χ3n) is 4.78. The highest BCUT2D eigenvalue weighted by atomic mass is 16.6. The van der Waals surface area contributed by atoms with Gasteiger partial charge in [0.1, 0.15) is 11.5 Å². The molecule has 0 radical (unpaired) electrons. The maximum Gasteiger partial charge on any atom is 0.349 e. The summed E-state index contributed by atoms with van der Waals surface area (Å²) in [6, 6.07) is 14.6. The number of hydrogen-bond donors (Lipinski definition) is 2. The Balaban J connectivity index is 1.91. The summed E-state index contributed by atoms with van der Waals surface area (Å²) in [7, 11) is 2.79. The van der Waals surface area contributed by atoms with Gasteiger partial charge in [-0.3, -0.25) is 9.78 Å². The molecule has 2 aromatic carbocycles. The fourth-order valence-corrected chi connectivity index (χ4v) is 3.01. The van der Waals surface area contributed by atoms with Crippen LogP contribution in [0.1, 0.15) is 20.7 Å². The van der Waals surface area contributed by atoms with Crippen molar-refractivity contribution >= 4 is 29.5 Å². The van der Waals surface area contributed by atoms with Crippen LogP contribution in [0, 0.1) is 0 Å². The number of carbonyl (C=O) groups is 4. The van der Waals surface area contributed by atoms with E-state index in [1.54, 1.807) is 12.1 Å². The molecule has 1 heterocycles.